The Morgan fingerprint density at radius 1 is 1.04 bits per heavy atom. The summed E-state index contributed by atoms with van der Waals surface area (Å²) in [6, 6.07) is 16.5. The van der Waals surface area contributed by atoms with Crippen molar-refractivity contribution in [2.24, 2.45) is 11.5 Å². The Morgan fingerprint density at radius 2 is 1.65 bits per heavy atom. The molecule has 3 atom stereocenters. The first-order chi connectivity index (χ1) is 10.9. The van der Waals surface area contributed by atoms with E-state index in [4.69, 9.17) is 11.5 Å². The predicted molar refractivity (Wildman–Crippen MR) is 91.9 cm³/mol. The van der Waals surface area contributed by atoms with Gasteiger partial charge in [0.1, 0.15) is 0 Å². The van der Waals surface area contributed by atoms with E-state index in [1.165, 1.54) is 5.56 Å². The normalized spacial score (nSPS) is 26.9. The van der Waals surface area contributed by atoms with Crippen molar-refractivity contribution < 1.29 is 8.42 Å². The molecule has 1 aliphatic rings. The molecule has 0 aromatic heterocycles. The molecule has 122 valence electrons. The van der Waals surface area contributed by atoms with E-state index in [2.05, 4.69) is 6.92 Å². The van der Waals surface area contributed by atoms with Crippen molar-refractivity contribution in [2.45, 2.75) is 34.9 Å². The number of hydrogen-bond acceptors (Lipinski definition) is 4. The van der Waals surface area contributed by atoms with Gasteiger partial charge in [0.2, 0.25) is 0 Å². The van der Waals surface area contributed by atoms with E-state index in [0.29, 0.717) is 4.90 Å². The maximum atomic E-state index is 12.9. The van der Waals surface area contributed by atoms with Crippen molar-refractivity contribution in [1.82, 2.24) is 0 Å². The summed E-state index contributed by atoms with van der Waals surface area (Å²) < 4.78 is 25.9. The van der Waals surface area contributed by atoms with E-state index in [1.807, 2.05) is 24.3 Å². The Kier molecular flexibility index (Phi) is 4.04. The van der Waals surface area contributed by atoms with Gasteiger partial charge in [0.15, 0.2) is 9.84 Å². The highest BCUT2D eigenvalue weighted by molar-refractivity contribution is 7.92. The zero-order valence-corrected chi connectivity index (χ0v) is 14.0. The van der Waals surface area contributed by atoms with Crippen LogP contribution in [0.25, 0.3) is 0 Å². The Labute approximate surface area is 137 Å². The minimum Gasteiger partial charge on any atom is -0.329 e. The Morgan fingerprint density at radius 3 is 2.17 bits per heavy atom. The third-order valence-electron chi connectivity index (χ3n) is 4.81. The third-order valence-corrected chi connectivity index (χ3v) is 7.12. The third kappa shape index (κ3) is 2.59. The van der Waals surface area contributed by atoms with Gasteiger partial charge in [0.25, 0.3) is 0 Å². The van der Waals surface area contributed by atoms with Crippen molar-refractivity contribution in [1.29, 1.82) is 0 Å². The Balaban J connectivity index is 1.98. The maximum absolute atomic E-state index is 12.9. The van der Waals surface area contributed by atoms with E-state index >= 15 is 0 Å². The molecule has 1 saturated carbocycles. The molecular weight excluding hydrogens is 308 g/mol. The number of nitrogens with two attached hydrogens (primary N) is 2. The van der Waals surface area contributed by atoms with Gasteiger partial charge in [-0.2, -0.15) is 0 Å². The monoisotopic (exact) mass is 330 g/mol. The van der Waals surface area contributed by atoms with E-state index < -0.39 is 20.6 Å². The SMILES string of the molecule is CCc1ccc([C@@H]2[C@@H](S(=O)(=O)c3ccccc3)[C@]2(N)CN)cc1. The lowest BCUT2D eigenvalue weighted by Crippen LogP contribution is -2.39. The maximum Gasteiger partial charge on any atom is 0.183 e. The van der Waals surface area contributed by atoms with Crippen LogP contribution >= 0.6 is 0 Å². The quantitative estimate of drug-likeness (QED) is 0.876. The van der Waals surface area contributed by atoms with Gasteiger partial charge in [0, 0.05) is 12.5 Å². The lowest BCUT2D eigenvalue weighted by Gasteiger charge is -2.09. The number of rotatable bonds is 5. The minimum absolute atomic E-state index is 0.143. The van der Waals surface area contributed by atoms with Crippen molar-refractivity contribution in [3.8, 4) is 0 Å². The summed E-state index contributed by atoms with van der Waals surface area (Å²) in [5.41, 5.74) is 13.4. The molecule has 23 heavy (non-hydrogen) atoms. The average Bonchev–Trinajstić information content (AvgIpc) is 3.23. The van der Waals surface area contributed by atoms with Crippen LogP contribution in [-0.4, -0.2) is 25.8 Å². The summed E-state index contributed by atoms with van der Waals surface area (Å²) in [5, 5.41) is -0.671. The largest absolute Gasteiger partial charge is 0.329 e. The summed E-state index contributed by atoms with van der Waals surface area (Å²) in [6.45, 7) is 2.23. The average molecular weight is 330 g/mol. The van der Waals surface area contributed by atoms with E-state index in [9.17, 15) is 8.42 Å². The second-order valence-electron chi connectivity index (χ2n) is 6.17. The Bertz CT molecular complexity index is 788. The first kappa shape index (κ1) is 16.2. The minimum atomic E-state index is -3.50. The number of benzene rings is 2. The highest BCUT2D eigenvalue weighted by Gasteiger charge is 2.68. The molecule has 0 bridgehead atoms. The van der Waals surface area contributed by atoms with E-state index in [-0.39, 0.29) is 12.5 Å². The fourth-order valence-corrected chi connectivity index (χ4v) is 5.68. The lowest BCUT2D eigenvalue weighted by molar-refractivity contribution is 0.586. The molecule has 4 N–H and O–H groups in total. The van der Waals surface area contributed by atoms with Gasteiger partial charge >= 0.3 is 0 Å². The van der Waals surface area contributed by atoms with Crippen LogP contribution in [-0.2, 0) is 16.3 Å². The second kappa shape index (κ2) is 5.74. The van der Waals surface area contributed by atoms with Crippen LogP contribution in [0.1, 0.15) is 24.0 Å². The standard InChI is InChI=1S/C18H22N2O2S/c1-2-13-8-10-14(11-9-13)16-17(18(16,20)12-19)23(21,22)15-6-4-3-5-7-15/h3-11,16-17H,2,12,19-20H2,1H3/t16-,17-,18+/m1/s1. The summed E-state index contributed by atoms with van der Waals surface area (Å²) in [5.74, 6) is -0.261. The van der Waals surface area contributed by atoms with Crippen LogP contribution in [0.4, 0.5) is 0 Å². The van der Waals surface area contributed by atoms with Crippen LogP contribution in [0.15, 0.2) is 59.5 Å². The molecule has 0 saturated heterocycles. The summed E-state index contributed by atoms with van der Waals surface area (Å²) in [6.07, 6.45) is 0.946. The van der Waals surface area contributed by atoms with Gasteiger partial charge < -0.3 is 11.5 Å². The van der Waals surface area contributed by atoms with Crippen LogP contribution in [0.3, 0.4) is 0 Å². The van der Waals surface area contributed by atoms with Gasteiger partial charge in [-0.1, -0.05) is 49.4 Å². The fraction of sp³-hybridized carbons (Fsp3) is 0.333. The molecule has 1 aliphatic carbocycles. The van der Waals surface area contributed by atoms with Crippen molar-refractivity contribution >= 4 is 9.84 Å². The highest BCUT2D eigenvalue weighted by atomic mass is 32.2. The van der Waals surface area contributed by atoms with Gasteiger partial charge in [-0.3, -0.25) is 0 Å². The van der Waals surface area contributed by atoms with E-state index in [1.54, 1.807) is 30.3 Å². The molecule has 4 nitrogen and oxygen atoms in total. The van der Waals surface area contributed by atoms with Crippen LogP contribution in [0.5, 0.6) is 0 Å². The van der Waals surface area contributed by atoms with Gasteiger partial charge in [-0.15, -0.1) is 0 Å². The zero-order chi connectivity index (χ0) is 16.7. The van der Waals surface area contributed by atoms with Crippen LogP contribution in [0.2, 0.25) is 0 Å². The molecule has 2 aromatic carbocycles. The van der Waals surface area contributed by atoms with Gasteiger partial charge in [-0.05, 0) is 29.7 Å². The Hall–Kier alpha value is -1.69. The van der Waals surface area contributed by atoms with Gasteiger partial charge in [-0.25, -0.2) is 8.42 Å². The van der Waals surface area contributed by atoms with Crippen LogP contribution in [0, 0.1) is 0 Å². The van der Waals surface area contributed by atoms with Crippen molar-refractivity contribution in [3.05, 3.63) is 65.7 Å². The first-order valence-electron chi connectivity index (χ1n) is 7.82. The molecule has 0 heterocycles. The lowest BCUT2D eigenvalue weighted by atomic mass is 10.0. The molecule has 5 heteroatoms. The smallest absolute Gasteiger partial charge is 0.183 e. The zero-order valence-electron chi connectivity index (χ0n) is 13.1. The molecule has 0 spiro atoms. The van der Waals surface area contributed by atoms with Gasteiger partial charge in [0.05, 0.1) is 15.7 Å². The number of hydrogen-bond donors (Lipinski definition) is 2. The van der Waals surface area contributed by atoms with Crippen molar-refractivity contribution in [3.63, 3.8) is 0 Å². The number of aryl methyl sites for hydroxylation is 1. The van der Waals surface area contributed by atoms with Crippen molar-refractivity contribution in [2.75, 3.05) is 6.54 Å². The highest BCUT2D eigenvalue weighted by Crippen LogP contribution is 2.55. The topological polar surface area (TPSA) is 86.2 Å². The molecule has 0 unspecified atom stereocenters. The first-order valence-corrected chi connectivity index (χ1v) is 9.36. The summed E-state index contributed by atoms with van der Waals surface area (Å²) >= 11 is 0. The molecule has 1 fully saturated rings. The summed E-state index contributed by atoms with van der Waals surface area (Å²) in [4.78, 5) is 0.306. The second-order valence-corrected chi connectivity index (χ2v) is 8.24. The predicted octanol–water partition coefficient (Wildman–Crippen LogP) is 1.84. The molecule has 2 aromatic rings. The fourth-order valence-electron chi connectivity index (χ4n) is 3.34. The molecule has 0 amide bonds. The molecule has 3 rings (SSSR count). The molecule has 0 aliphatic heterocycles. The van der Waals surface area contributed by atoms with E-state index in [0.717, 1.165) is 12.0 Å². The van der Waals surface area contributed by atoms with Crippen LogP contribution < -0.4 is 11.5 Å². The number of sulfone groups is 1. The molecular formula is C18H22N2O2S. The molecule has 0 radical (unpaired) electrons. The summed E-state index contributed by atoms with van der Waals surface area (Å²) in [7, 11) is -3.50.